The molecule has 1 unspecified atom stereocenters. The van der Waals surface area contributed by atoms with Gasteiger partial charge in [-0.2, -0.15) is 0 Å². The van der Waals surface area contributed by atoms with E-state index in [0.717, 1.165) is 0 Å². The molecule has 6 nitrogen and oxygen atoms in total. The van der Waals surface area contributed by atoms with Gasteiger partial charge in [-0.15, -0.1) is 0 Å². The van der Waals surface area contributed by atoms with Crippen molar-refractivity contribution in [2.45, 2.75) is 30.5 Å². The zero-order chi connectivity index (χ0) is 15.8. The van der Waals surface area contributed by atoms with E-state index < -0.39 is 28.5 Å². The van der Waals surface area contributed by atoms with Crippen LogP contribution in [0.15, 0.2) is 18.2 Å². The Hall–Kier alpha value is -1.66. The lowest BCUT2D eigenvalue weighted by molar-refractivity contribution is -0.119. The molecular weight excluding hydrogens is 321 g/mol. The van der Waals surface area contributed by atoms with E-state index in [1.54, 1.807) is 32.0 Å². The second-order valence-corrected chi connectivity index (χ2v) is 5.96. The number of benzene rings is 1. The standard InChI is InChI=1S/C13H13Cl2NO5/c1-13(2)20-7-5-3-4-6(10(7)21-13)8(16-12(18)19)9(17)11(14)15/h3-5,8,11,16H,1-2H3,(H,18,19). The van der Waals surface area contributed by atoms with Crippen LogP contribution in [0.5, 0.6) is 11.5 Å². The van der Waals surface area contributed by atoms with E-state index in [9.17, 15) is 9.59 Å². The minimum atomic E-state index is -1.38. The van der Waals surface area contributed by atoms with Gasteiger partial charge in [-0.1, -0.05) is 35.3 Å². The van der Waals surface area contributed by atoms with Gasteiger partial charge in [0.25, 0.3) is 0 Å². The Kier molecular flexibility index (Phi) is 4.20. The Morgan fingerprint density at radius 3 is 2.52 bits per heavy atom. The summed E-state index contributed by atoms with van der Waals surface area (Å²) in [5, 5.41) is 11.0. The number of fused-ring (bicyclic) bond motifs is 1. The molecule has 1 aliphatic rings. The maximum absolute atomic E-state index is 12.1. The molecular formula is C13H13Cl2NO5. The first-order valence-electron chi connectivity index (χ1n) is 6.03. The number of halogens is 2. The zero-order valence-electron chi connectivity index (χ0n) is 11.2. The number of rotatable bonds is 4. The molecule has 2 N–H and O–H groups in total. The predicted molar refractivity (Wildman–Crippen MR) is 76.2 cm³/mol. The van der Waals surface area contributed by atoms with Crippen LogP contribution in [0.2, 0.25) is 0 Å². The normalized spacial score (nSPS) is 16.6. The van der Waals surface area contributed by atoms with Gasteiger partial charge in [-0.3, -0.25) is 4.79 Å². The van der Waals surface area contributed by atoms with Crippen LogP contribution < -0.4 is 14.8 Å². The highest BCUT2D eigenvalue weighted by Crippen LogP contribution is 2.44. The van der Waals surface area contributed by atoms with E-state index in [-0.39, 0.29) is 0 Å². The number of nitrogens with one attached hydrogen (secondary N) is 1. The fraction of sp³-hybridized carbons (Fsp3) is 0.385. The SMILES string of the molecule is CC1(C)Oc2cccc(C(NC(=O)O)C(=O)C(Cl)Cl)c2O1. The number of ether oxygens (including phenoxy) is 2. The average molecular weight is 334 g/mol. The Morgan fingerprint density at radius 1 is 1.29 bits per heavy atom. The minimum absolute atomic E-state index is 0.295. The molecule has 2 rings (SSSR count). The highest BCUT2D eigenvalue weighted by molar-refractivity contribution is 6.54. The molecule has 1 atom stereocenters. The van der Waals surface area contributed by atoms with Gasteiger partial charge in [-0.25, -0.2) is 4.79 Å². The molecule has 0 aromatic heterocycles. The van der Waals surface area contributed by atoms with Gasteiger partial charge in [0.2, 0.25) is 5.79 Å². The van der Waals surface area contributed by atoms with Gasteiger partial charge in [0, 0.05) is 19.4 Å². The third kappa shape index (κ3) is 3.33. The smallest absolute Gasteiger partial charge is 0.405 e. The summed E-state index contributed by atoms with van der Waals surface area (Å²) in [7, 11) is 0. The predicted octanol–water partition coefficient (Wildman–Crippen LogP) is 2.88. The van der Waals surface area contributed by atoms with Crippen LogP contribution in [-0.2, 0) is 4.79 Å². The maximum atomic E-state index is 12.1. The van der Waals surface area contributed by atoms with Crippen molar-refractivity contribution in [3.05, 3.63) is 23.8 Å². The number of hydrogen-bond donors (Lipinski definition) is 2. The van der Waals surface area contributed by atoms with Crippen LogP contribution in [0.3, 0.4) is 0 Å². The first-order chi connectivity index (χ1) is 9.71. The highest BCUT2D eigenvalue weighted by Gasteiger charge is 2.38. The van der Waals surface area contributed by atoms with Crippen molar-refractivity contribution in [2.24, 2.45) is 0 Å². The second kappa shape index (κ2) is 5.61. The molecule has 8 heteroatoms. The summed E-state index contributed by atoms with van der Waals surface area (Å²) < 4.78 is 11.2. The summed E-state index contributed by atoms with van der Waals surface area (Å²) in [5.74, 6) is -0.884. The minimum Gasteiger partial charge on any atom is -0.465 e. The van der Waals surface area contributed by atoms with Crippen molar-refractivity contribution < 1.29 is 24.2 Å². The van der Waals surface area contributed by atoms with Crippen LogP contribution in [0, 0.1) is 0 Å². The van der Waals surface area contributed by atoms with Crippen molar-refractivity contribution in [3.63, 3.8) is 0 Å². The number of amides is 1. The third-order valence-electron chi connectivity index (χ3n) is 2.79. The topological polar surface area (TPSA) is 84.9 Å². The largest absolute Gasteiger partial charge is 0.465 e. The Bertz CT molecular complexity index is 588. The fourth-order valence-corrected chi connectivity index (χ4v) is 2.28. The molecule has 1 aliphatic heterocycles. The van der Waals surface area contributed by atoms with Gasteiger partial charge in [0.15, 0.2) is 22.1 Å². The maximum Gasteiger partial charge on any atom is 0.405 e. The van der Waals surface area contributed by atoms with Crippen LogP contribution in [0.4, 0.5) is 4.79 Å². The number of Topliss-reactive ketones (excluding diaryl/α,β-unsaturated/α-hetero) is 1. The number of para-hydroxylation sites is 1. The number of carboxylic acid groups (broad SMARTS) is 1. The summed E-state index contributed by atoms with van der Waals surface area (Å²) in [6.45, 7) is 3.40. The number of carbonyl (C=O) groups is 2. The summed E-state index contributed by atoms with van der Waals surface area (Å²) in [6.07, 6.45) is -1.38. The van der Waals surface area contributed by atoms with Gasteiger partial charge in [0.05, 0.1) is 0 Å². The molecule has 0 saturated carbocycles. The van der Waals surface area contributed by atoms with Gasteiger partial charge < -0.3 is 19.9 Å². The molecule has 1 heterocycles. The molecule has 0 fully saturated rings. The Labute approximate surface area is 130 Å². The molecule has 0 aliphatic carbocycles. The summed E-state index contributed by atoms with van der Waals surface area (Å²) in [6, 6.07) is 3.60. The summed E-state index contributed by atoms with van der Waals surface area (Å²) in [5.41, 5.74) is 0.303. The lowest BCUT2D eigenvalue weighted by atomic mass is 10.0. The number of hydrogen-bond acceptors (Lipinski definition) is 4. The Morgan fingerprint density at radius 2 is 1.95 bits per heavy atom. The van der Waals surface area contributed by atoms with Crippen LogP contribution in [0.1, 0.15) is 25.5 Å². The van der Waals surface area contributed by atoms with E-state index in [2.05, 4.69) is 5.32 Å². The fourth-order valence-electron chi connectivity index (χ4n) is 2.03. The molecule has 1 aromatic rings. The molecule has 21 heavy (non-hydrogen) atoms. The lowest BCUT2D eigenvalue weighted by Crippen LogP contribution is -2.36. The third-order valence-corrected chi connectivity index (χ3v) is 3.22. The summed E-state index contributed by atoms with van der Waals surface area (Å²) in [4.78, 5) is 21.6. The van der Waals surface area contributed by atoms with Gasteiger partial charge in [-0.05, 0) is 6.07 Å². The monoisotopic (exact) mass is 333 g/mol. The molecule has 1 aromatic carbocycles. The zero-order valence-corrected chi connectivity index (χ0v) is 12.7. The van der Waals surface area contributed by atoms with Crippen LogP contribution >= 0.6 is 23.2 Å². The van der Waals surface area contributed by atoms with Gasteiger partial charge >= 0.3 is 6.09 Å². The van der Waals surface area contributed by atoms with Crippen LogP contribution in [0.25, 0.3) is 0 Å². The first kappa shape index (κ1) is 15.7. The average Bonchev–Trinajstić information content (AvgIpc) is 2.68. The molecule has 1 amide bonds. The van der Waals surface area contributed by atoms with Crippen molar-refractivity contribution in [3.8, 4) is 11.5 Å². The molecule has 0 saturated heterocycles. The van der Waals surface area contributed by atoms with Gasteiger partial charge in [0.1, 0.15) is 6.04 Å². The van der Waals surface area contributed by atoms with E-state index in [0.29, 0.717) is 17.1 Å². The van der Waals surface area contributed by atoms with Crippen LogP contribution in [-0.4, -0.2) is 27.6 Å². The quantitative estimate of drug-likeness (QED) is 0.827. The van der Waals surface area contributed by atoms with Crippen molar-refractivity contribution in [1.82, 2.24) is 5.32 Å². The van der Waals surface area contributed by atoms with E-state index in [1.807, 2.05) is 0 Å². The highest BCUT2D eigenvalue weighted by atomic mass is 35.5. The lowest BCUT2D eigenvalue weighted by Gasteiger charge is -2.20. The van der Waals surface area contributed by atoms with E-state index in [1.165, 1.54) is 0 Å². The Balaban J connectivity index is 2.45. The second-order valence-electron chi connectivity index (χ2n) is 4.86. The molecule has 0 radical (unpaired) electrons. The first-order valence-corrected chi connectivity index (χ1v) is 6.91. The molecule has 0 bridgehead atoms. The van der Waals surface area contributed by atoms with Crippen molar-refractivity contribution in [1.29, 1.82) is 0 Å². The molecule has 0 spiro atoms. The number of carbonyl (C=O) groups excluding carboxylic acids is 1. The van der Waals surface area contributed by atoms with Crippen molar-refractivity contribution in [2.75, 3.05) is 0 Å². The number of alkyl halides is 2. The van der Waals surface area contributed by atoms with E-state index in [4.69, 9.17) is 37.8 Å². The number of ketones is 1. The molecule has 114 valence electrons. The summed E-state index contributed by atoms with van der Waals surface area (Å²) >= 11 is 11.1. The van der Waals surface area contributed by atoms with E-state index >= 15 is 0 Å². The van der Waals surface area contributed by atoms with Crippen molar-refractivity contribution >= 4 is 35.1 Å².